The number of rotatable bonds is 4. The molecule has 1 N–H and O–H groups in total. The van der Waals surface area contributed by atoms with Gasteiger partial charge in [0.15, 0.2) is 5.82 Å². The van der Waals surface area contributed by atoms with Crippen LogP contribution >= 0.6 is 0 Å². The third-order valence-corrected chi connectivity index (χ3v) is 3.73. The van der Waals surface area contributed by atoms with Crippen molar-refractivity contribution in [2.45, 2.75) is 6.92 Å². The molecule has 8 heteroatoms. The van der Waals surface area contributed by atoms with Gasteiger partial charge in [-0.3, -0.25) is 4.79 Å². The monoisotopic (exact) mass is 346 g/mol. The van der Waals surface area contributed by atoms with E-state index >= 15 is 0 Å². The second-order valence-corrected chi connectivity index (χ2v) is 5.57. The maximum absolute atomic E-state index is 12.4. The Balaban J connectivity index is 1.46. The van der Waals surface area contributed by atoms with Crippen LogP contribution in [0.15, 0.2) is 65.7 Å². The smallest absolute Gasteiger partial charge is 0.257 e. The van der Waals surface area contributed by atoms with Crippen LogP contribution in [0.2, 0.25) is 0 Å². The summed E-state index contributed by atoms with van der Waals surface area (Å²) in [4.78, 5) is 20.5. The van der Waals surface area contributed by atoms with Gasteiger partial charge in [0.05, 0.1) is 5.69 Å². The third-order valence-electron chi connectivity index (χ3n) is 3.73. The number of hydrogen-bond donors (Lipinski definition) is 1. The summed E-state index contributed by atoms with van der Waals surface area (Å²) in [5.41, 5.74) is 2.85. The number of carbonyl (C=O) groups is 1. The lowest BCUT2D eigenvalue weighted by atomic mass is 10.1. The molecule has 1 amide bonds. The largest absolute Gasteiger partial charge is 0.334 e. The van der Waals surface area contributed by atoms with Crippen LogP contribution in [0.25, 0.3) is 17.1 Å². The molecular weight excluding hydrogens is 332 g/mol. The van der Waals surface area contributed by atoms with Crippen molar-refractivity contribution < 1.29 is 9.32 Å². The topological polar surface area (TPSA) is 98.7 Å². The molecule has 0 aliphatic rings. The molecular formula is C18H14N6O2. The molecule has 0 spiro atoms. The number of aryl methyl sites for hydroxylation is 1. The minimum Gasteiger partial charge on any atom is -0.334 e. The van der Waals surface area contributed by atoms with Crippen LogP contribution in [0.5, 0.6) is 0 Å². The summed E-state index contributed by atoms with van der Waals surface area (Å²) in [6, 6.07) is 14.3. The van der Waals surface area contributed by atoms with Gasteiger partial charge >= 0.3 is 0 Å². The van der Waals surface area contributed by atoms with Crippen molar-refractivity contribution in [2.75, 3.05) is 5.32 Å². The summed E-state index contributed by atoms with van der Waals surface area (Å²) < 4.78 is 6.76. The van der Waals surface area contributed by atoms with Gasteiger partial charge in [-0.25, -0.2) is 9.67 Å². The van der Waals surface area contributed by atoms with Gasteiger partial charge in [-0.15, -0.1) is 0 Å². The fourth-order valence-electron chi connectivity index (χ4n) is 2.42. The standard InChI is InChI=1S/C18H14N6O2/c1-12-21-18(26-23-12)14-4-2-13(3-5-14)17(25)22-15-6-8-16(9-7-15)24-11-19-10-20-24/h2-11H,1H3,(H,22,25). The van der Waals surface area contributed by atoms with E-state index in [0.29, 0.717) is 23.0 Å². The molecule has 0 saturated carbocycles. The Bertz CT molecular complexity index is 1020. The Hall–Kier alpha value is -3.81. The predicted molar refractivity (Wildman–Crippen MR) is 93.8 cm³/mol. The molecule has 2 aromatic carbocycles. The molecule has 4 rings (SSSR count). The highest BCUT2D eigenvalue weighted by Gasteiger charge is 2.10. The van der Waals surface area contributed by atoms with Gasteiger partial charge in [-0.05, 0) is 55.5 Å². The molecule has 0 saturated heterocycles. The van der Waals surface area contributed by atoms with Crippen molar-refractivity contribution in [1.29, 1.82) is 0 Å². The summed E-state index contributed by atoms with van der Waals surface area (Å²) in [5, 5.41) is 10.7. The minimum atomic E-state index is -0.202. The van der Waals surface area contributed by atoms with Gasteiger partial charge < -0.3 is 9.84 Å². The van der Waals surface area contributed by atoms with Crippen LogP contribution in [-0.2, 0) is 0 Å². The lowest BCUT2D eigenvalue weighted by Gasteiger charge is -2.07. The van der Waals surface area contributed by atoms with E-state index in [4.69, 9.17) is 4.52 Å². The maximum atomic E-state index is 12.4. The number of anilines is 1. The van der Waals surface area contributed by atoms with Crippen LogP contribution < -0.4 is 5.32 Å². The summed E-state index contributed by atoms with van der Waals surface area (Å²) in [7, 11) is 0. The average Bonchev–Trinajstić information content (AvgIpc) is 3.34. The quantitative estimate of drug-likeness (QED) is 0.610. The fourth-order valence-corrected chi connectivity index (χ4v) is 2.42. The van der Waals surface area contributed by atoms with E-state index in [2.05, 4.69) is 25.5 Å². The van der Waals surface area contributed by atoms with Gasteiger partial charge in [-0.2, -0.15) is 10.1 Å². The van der Waals surface area contributed by atoms with E-state index in [0.717, 1.165) is 11.3 Å². The highest BCUT2D eigenvalue weighted by Crippen LogP contribution is 2.19. The molecule has 0 aliphatic carbocycles. The lowest BCUT2D eigenvalue weighted by Crippen LogP contribution is -2.11. The number of benzene rings is 2. The van der Waals surface area contributed by atoms with Gasteiger partial charge in [0, 0.05) is 16.8 Å². The first-order valence-electron chi connectivity index (χ1n) is 7.86. The zero-order valence-electron chi connectivity index (χ0n) is 13.8. The van der Waals surface area contributed by atoms with E-state index in [1.54, 1.807) is 42.2 Å². The zero-order chi connectivity index (χ0) is 17.9. The van der Waals surface area contributed by atoms with E-state index in [-0.39, 0.29) is 5.91 Å². The van der Waals surface area contributed by atoms with Crippen molar-refractivity contribution in [3.8, 4) is 17.1 Å². The summed E-state index contributed by atoms with van der Waals surface area (Å²) in [6.45, 7) is 1.75. The summed E-state index contributed by atoms with van der Waals surface area (Å²) >= 11 is 0. The summed E-state index contributed by atoms with van der Waals surface area (Å²) in [5.74, 6) is 0.793. The first-order chi connectivity index (χ1) is 12.7. The number of amides is 1. The molecule has 0 radical (unpaired) electrons. The van der Waals surface area contributed by atoms with Crippen LogP contribution in [0.4, 0.5) is 5.69 Å². The third kappa shape index (κ3) is 3.20. The Kier molecular flexibility index (Phi) is 3.98. The maximum Gasteiger partial charge on any atom is 0.257 e. The Morgan fingerprint density at radius 1 is 1.08 bits per heavy atom. The van der Waals surface area contributed by atoms with Gasteiger partial charge in [0.1, 0.15) is 12.7 Å². The second kappa shape index (κ2) is 6.60. The van der Waals surface area contributed by atoms with Crippen molar-refractivity contribution in [2.24, 2.45) is 0 Å². The first-order valence-corrected chi connectivity index (χ1v) is 7.86. The van der Waals surface area contributed by atoms with E-state index in [1.807, 2.05) is 24.3 Å². The van der Waals surface area contributed by atoms with Crippen LogP contribution in [0, 0.1) is 6.92 Å². The van der Waals surface area contributed by atoms with Crippen LogP contribution in [0.1, 0.15) is 16.2 Å². The Labute approximate surface area is 148 Å². The first kappa shape index (κ1) is 15.7. The van der Waals surface area contributed by atoms with Gasteiger partial charge in [-0.1, -0.05) is 5.16 Å². The van der Waals surface area contributed by atoms with Crippen molar-refractivity contribution in [3.63, 3.8) is 0 Å². The molecule has 0 atom stereocenters. The predicted octanol–water partition coefficient (Wildman–Crippen LogP) is 2.88. The SMILES string of the molecule is Cc1noc(-c2ccc(C(=O)Nc3ccc(-n4cncn4)cc3)cc2)n1. The second-order valence-electron chi connectivity index (χ2n) is 5.57. The highest BCUT2D eigenvalue weighted by atomic mass is 16.5. The fraction of sp³-hybridized carbons (Fsp3) is 0.0556. The molecule has 2 heterocycles. The van der Waals surface area contributed by atoms with E-state index in [9.17, 15) is 4.79 Å². The number of hydrogen-bond acceptors (Lipinski definition) is 6. The molecule has 0 bridgehead atoms. The summed E-state index contributed by atoms with van der Waals surface area (Å²) in [6.07, 6.45) is 3.08. The van der Waals surface area contributed by atoms with Gasteiger partial charge in [0.25, 0.3) is 11.8 Å². The van der Waals surface area contributed by atoms with Crippen molar-refractivity contribution in [1.82, 2.24) is 24.9 Å². The highest BCUT2D eigenvalue weighted by molar-refractivity contribution is 6.04. The average molecular weight is 346 g/mol. The Morgan fingerprint density at radius 2 is 1.85 bits per heavy atom. The molecule has 4 aromatic rings. The van der Waals surface area contributed by atoms with Crippen LogP contribution in [0.3, 0.4) is 0 Å². The molecule has 0 unspecified atom stereocenters. The van der Waals surface area contributed by atoms with E-state index < -0.39 is 0 Å². The van der Waals surface area contributed by atoms with E-state index in [1.165, 1.54) is 6.33 Å². The number of nitrogens with zero attached hydrogens (tertiary/aromatic N) is 5. The Morgan fingerprint density at radius 3 is 2.46 bits per heavy atom. The zero-order valence-corrected chi connectivity index (χ0v) is 13.8. The number of nitrogens with one attached hydrogen (secondary N) is 1. The normalized spacial score (nSPS) is 10.7. The molecule has 8 nitrogen and oxygen atoms in total. The molecule has 0 aliphatic heterocycles. The number of aromatic nitrogens is 5. The number of carbonyl (C=O) groups excluding carboxylic acids is 1. The minimum absolute atomic E-state index is 0.202. The van der Waals surface area contributed by atoms with Gasteiger partial charge in [0.2, 0.25) is 0 Å². The van der Waals surface area contributed by atoms with Crippen molar-refractivity contribution >= 4 is 11.6 Å². The lowest BCUT2D eigenvalue weighted by molar-refractivity contribution is 0.102. The molecule has 2 aromatic heterocycles. The van der Waals surface area contributed by atoms with Crippen molar-refractivity contribution in [3.05, 3.63) is 72.6 Å². The molecule has 128 valence electrons. The molecule has 0 fully saturated rings. The molecule has 26 heavy (non-hydrogen) atoms. The van der Waals surface area contributed by atoms with Crippen LogP contribution in [-0.4, -0.2) is 30.8 Å².